The molecular weight excluding hydrogens is 138 g/mol. The number of hydrogen-bond donors (Lipinski definition) is 1. The Morgan fingerprint density at radius 1 is 1.55 bits per heavy atom. The van der Waals surface area contributed by atoms with E-state index >= 15 is 0 Å². The summed E-state index contributed by atoms with van der Waals surface area (Å²) in [6, 6.07) is -0.292. The smallest absolute Gasteiger partial charge is 0.153 e. The molecule has 1 radical (unpaired) electrons. The molecule has 0 saturated heterocycles. The van der Waals surface area contributed by atoms with Crippen LogP contribution in [-0.2, 0) is 4.79 Å². The van der Waals surface area contributed by atoms with Gasteiger partial charge >= 0.3 is 0 Å². The lowest BCUT2D eigenvalue weighted by molar-refractivity contribution is -0.118. The molecular formula is C9H18NO. The van der Waals surface area contributed by atoms with Gasteiger partial charge in [-0.25, -0.2) is 0 Å². The molecule has 0 aromatic rings. The Bertz CT molecular complexity index is 123. The van der Waals surface area contributed by atoms with Crippen molar-refractivity contribution in [1.29, 1.82) is 0 Å². The standard InChI is InChI=1S/C9H18NO/c1-4-6-8(11)9(10)7(3)5-2/h6-7,9H,4-5,10H2,1-3H3. The highest BCUT2D eigenvalue weighted by Gasteiger charge is 2.17. The first-order valence-corrected chi connectivity index (χ1v) is 4.26. The summed E-state index contributed by atoms with van der Waals surface area (Å²) in [7, 11) is 0. The molecule has 0 aromatic carbocycles. The van der Waals surface area contributed by atoms with Crippen LogP contribution in [-0.4, -0.2) is 11.8 Å². The zero-order valence-corrected chi connectivity index (χ0v) is 7.63. The predicted molar refractivity (Wildman–Crippen MR) is 47.0 cm³/mol. The van der Waals surface area contributed by atoms with Crippen molar-refractivity contribution >= 4 is 5.78 Å². The summed E-state index contributed by atoms with van der Waals surface area (Å²) in [5, 5.41) is 0. The maximum Gasteiger partial charge on any atom is 0.153 e. The highest BCUT2D eigenvalue weighted by Crippen LogP contribution is 2.07. The summed E-state index contributed by atoms with van der Waals surface area (Å²) in [5.41, 5.74) is 5.68. The van der Waals surface area contributed by atoms with Gasteiger partial charge in [0.05, 0.1) is 6.04 Å². The zero-order chi connectivity index (χ0) is 8.85. The van der Waals surface area contributed by atoms with Crippen LogP contribution < -0.4 is 5.73 Å². The van der Waals surface area contributed by atoms with E-state index in [9.17, 15) is 4.79 Å². The van der Waals surface area contributed by atoms with Crippen molar-refractivity contribution in [1.82, 2.24) is 0 Å². The Balaban J connectivity index is 3.80. The minimum absolute atomic E-state index is 0.0850. The molecule has 65 valence electrons. The van der Waals surface area contributed by atoms with E-state index in [4.69, 9.17) is 5.73 Å². The third kappa shape index (κ3) is 3.51. The molecule has 0 spiro atoms. The summed E-state index contributed by atoms with van der Waals surface area (Å²) in [4.78, 5) is 11.2. The van der Waals surface area contributed by atoms with Gasteiger partial charge in [0.1, 0.15) is 0 Å². The van der Waals surface area contributed by atoms with Gasteiger partial charge in [0.2, 0.25) is 0 Å². The fourth-order valence-electron chi connectivity index (χ4n) is 0.872. The van der Waals surface area contributed by atoms with Crippen molar-refractivity contribution in [2.75, 3.05) is 0 Å². The van der Waals surface area contributed by atoms with E-state index in [0.29, 0.717) is 5.92 Å². The van der Waals surface area contributed by atoms with Crippen LogP contribution in [0.2, 0.25) is 0 Å². The first-order chi connectivity index (χ1) is 5.13. The number of Topliss-reactive ketones (excluding diaryl/α,β-unsaturated/α-hetero) is 1. The highest BCUT2D eigenvalue weighted by atomic mass is 16.1. The molecule has 2 heteroatoms. The molecule has 0 aliphatic heterocycles. The molecule has 0 aromatic heterocycles. The highest BCUT2D eigenvalue weighted by molar-refractivity contribution is 5.91. The molecule has 0 aliphatic rings. The first-order valence-electron chi connectivity index (χ1n) is 4.26. The van der Waals surface area contributed by atoms with Crippen molar-refractivity contribution < 1.29 is 4.79 Å². The van der Waals surface area contributed by atoms with E-state index in [0.717, 1.165) is 12.8 Å². The third-order valence-electron chi connectivity index (χ3n) is 1.99. The molecule has 0 fully saturated rings. The van der Waals surface area contributed by atoms with E-state index in [2.05, 4.69) is 0 Å². The minimum atomic E-state index is -0.292. The molecule has 0 bridgehead atoms. The van der Waals surface area contributed by atoms with Crippen molar-refractivity contribution in [3.8, 4) is 0 Å². The molecule has 0 aliphatic carbocycles. The van der Waals surface area contributed by atoms with Crippen LogP contribution in [0.5, 0.6) is 0 Å². The minimum Gasteiger partial charge on any atom is -0.321 e. The van der Waals surface area contributed by atoms with Gasteiger partial charge in [-0.1, -0.05) is 27.2 Å². The number of rotatable bonds is 5. The monoisotopic (exact) mass is 156 g/mol. The second-order valence-electron chi connectivity index (χ2n) is 2.93. The van der Waals surface area contributed by atoms with Crippen molar-refractivity contribution in [2.45, 2.75) is 39.7 Å². The van der Waals surface area contributed by atoms with Crippen LogP contribution in [0.4, 0.5) is 0 Å². The third-order valence-corrected chi connectivity index (χ3v) is 1.99. The molecule has 0 saturated carbocycles. The van der Waals surface area contributed by atoms with Crippen molar-refractivity contribution in [3.05, 3.63) is 6.42 Å². The fourth-order valence-corrected chi connectivity index (χ4v) is 0.872. The van der Waals surface area contributed by atoms with Crippen LogP contribution in [0.3, 0.4) is 0 Å². The van der Waals surface area contributed by atoms with Crippen molar-refractivity contribution in [2.24, 2.45) is 11.7 Å². The number of nitrogens with two attached hydrogens (primary N) is 1. The second kappa shape index (κ2) is 5.30. The SMILES string of the molecule is CC[CH]C(=O)C(N)C(C)CC. The quantitative estimate of drug-likeness (QED) is 0.656. The first kappa shape index (κ1) is 10.6. The van der Waals surface area contributed by atoms with Gasteiger partial charge in [0, 0.05) is 6.42 Å². The number of carbonyl (C=O) groups is 1. The summed E-state index contributed by atoms with van der Waals surface area (Å²) >= 11 is 0. The Kier molecular flexibility index (Phi) is 5.12. The maximum absolute atomic E-state index is 11.2. The lowest BCUT2D eigenvalue weighted by Gasteiger charge is -2.15. The zero-order valence-electron chi connectivity index (χ0n) is 7.63. The molecule has 0 heterocycles. The lowest BCUT2D eigenvalue weighted by atomic mass is 9.94. The summed E-state index contributed by atoms with van der Waals surface area (Å²) < 4.78 is 0. The predicted octanol–water partition coefficient (Wildman–Crippen LogP) is 1.54. The van der Waals surface area contributed by atoms with Gasteiger partial charge in [-0.3, -0.25) is 4.79 Å². The Labute approximate surface area is 69.2 Å². The lowest BCUT2D eigenvalue weighted by Crippen LogP contribution is -2.36. The molecule has 0 amide bonds. The number of hydrogen-bond acceptors (Lipinski definition) is 2. The summed E-state index contributed by atoms with van der Waals surface area (Å²) in [5.74, 6) is 0.382. The van der Waals surface area contributed by atoms with Gasteiger partial charge in [-0.2, -0.15) is 0 Å². The second-order valence-corrected chi connectivity index (χ2v) is 2.93. The van der Waals surface area contributed by atoms with Crippen LogP contribution in [0.1, 0.15) is 33.6 Å². The van der Waals surface area contributed by atoms with Crippen LogP contribution >= 0.6 is 0 Å². The summed E-state index contributed by atoms with van der Waals surface area (Å²) in [6.45, 7) is 6.00. The summed E-state index contributed by atoms with van der Waals surface area (Å²) in [6.07, 6.45) is 3.41. The molecule has 11 heavy (non-hydrogen) atoms. The van der Waals surface area contributed by atoms with E-state index in [-0.39, 0.29) is 11.8 Å². The average molecular weight is 156 g/mol. The number of carbonyl (C=O) groups excluding carboxylic acids is 1. The normalized spacial score (nSPS) is 16.0. The van der Waals surface area contributed by atoms with Crippen LogP contribution in [0.25, 0.3) is 0 Å². The molecule has 2 atom stereocenters. The largest absolute Gasteiger partial charge is 0.321 e. The van der Waals surface area contributed by atoms with Gasteiger partial charge in [0.25, 0.3) is 0 Å². The molecule has 2 N–H and O–H groups in total. The molecule has 0 rings (SSSR count). The van der Waals surface area contributed by atoms with Gasteiger partial charge < -0.3 is 5.73 Å². The van der Waals surface area contributed by atoms with E-state index in [1.165, 1.54) is 0 Å². The Morgan fingerprint density at radius 2 is 2.09 bits per heavy atom. The number of ketones is 1. The van der Waals surface area contributed by atoms with E-state index in [1.54, 1.807) is 6.42 Å². The Hall–Kier alpha value is -0.370. The van der Waals surface area contributed by atoms with Gasteiger partial charge in [-0.05, 0) is 12.3 Å². The van der Waals surface area contributed by atoms with Crippen LogP contribution in [0, 0.1) is 12.3 Å². The van der Waals surface area contributed by atoms with E-state index < -0.39 is 0 Å². The van der Waals surface area contributed by atoms with Gasteiger partial charge in [0.15, 0.2) is 5.78 Å². The van der Waals surface area contributed by atoms with Gasteiger partial charge in [-0.15, -0.1) is 0 Å². The van der Waals surface area contributed by atoms with E-state index in [1.807, 2.05) is 20.8 Å². The maximum atomic E-state index is 11.2. The Morgan fingerprint density at radius 3 is 2.45 bits per heavy atom. The van der Waals surface area contributed by atoms with Crippen LogP contribution in [0.15, 0.2) is 0 Å². The van der Waals surface area contributed by atoms with Crippen molar-refractivity contribution in [3.63, 3.8) is 0 Å². The molecule has 2 nitrogen and oxygen atoms in total. The average Bonchev–Trinajstić information content (AvgIpc) is 2.02. The topological polar surface area (TPSA) is 43.1 Å². The fraction of sp³-hybridized carbons (Fsp3) is 0.778. The molecule has 2 unspecified atom stereocenters.